The number of hydrazone groups is 1. The van der Waals surface area contributed by atoms with Crippen LogP contribution in [-0.2, 0) is 6.18 Å². The number of hydrogen-bond acceptors (Lipinski definition) is 6. The number of benzene rings is 2. The molecule has 0 aliphatic rings. The second-order valence-corrected chi connectivity index (χ2v) is 6.70. The van der Waals surface area contributed by atoms with E-state index in [0.29, 0.717) is 33.2 Å². The van der Waals surface area contributed by atoms with Gasteiger partial charge in [0, 0.05) is 5.56 Å². The van der Waals surface area contributed by atoms with Crippen LogP contribution in [-0.4, -0.2) is 42.7 Å². The smallest absolute Gasteiger partial charge is 0.434 e. The Balaban J connectivity index is 1.93. The number of methoxy groups -OCH3 is 3. The first-order chi connectivity index (χ1) is 15.7. The van der Waals surface area contributed by atoms with E-state index in [1.165, 1.54) is 33.5 Å². The normalized spacial score (nSPS) is 11.8. The fourth-order valence-corrected chi connectivity index (χ4v) is 3.10. The van der Waals surface area contributed by atoms with Crippen molar-refractivity contribution in [3.63, 3.8) is 0 Å². The monoisotopic (exact) mass is 462 g/mol. The van der Waals surface area contributed by atoms with E-state index in [2.05, 4.69) is 15.6 Å². The van der Waals surface area contributed by atoms with Gasteiger partial charge in [0.2, 0.25) is 5.75 Å². The molecule has 0 atom stereocenters. The molecule has 0 saturated heterocycles. The van der Waals surface area contributed by atoms with Gasteiger partial charge in [-0.3, -0.25) is 4.79 Å². The topological polar surface area (TPSA) is 87.0 Å². The van der Waals surface area contributed by atoms with Gasteiger partial charge in [0.25, 0.3) is 5.91 Å². The van der Waals surface area contributed by atoms with Gasteiger partial charge in [-0.25, -0.2) is 10.1 Å². The largest absolute Gasteiger partial charge is 0.493 e. The van der Waals surface area contributed by atoms with Crippen LogP contribution in [0.1, 0.15) is 28.5 Å². The van der Waals surface area contributed by atoms with Crippen LogP contribution in [0.5, 0.6) is 17.2 Å². The van der Waals surface area contributed by atoms with Crippen LogP contribution >= 0.6 is 0 Å². The van der Waals surface area contributed by atoms with Crippen molar-refractivity contribution in [1.82, 2.24) is 15.2 Å². The summed E-state index contributed by atoms with van der Waals surface area (Å²) in [6.45, 7) is 1.57. The molecule has 1 N–H and O–H groups in total. The molecule has 1 heterocycles. The molecule has 0 radical (unpaired) electrons. The molecule has 2 aromatic carbocycles. The van der Waals surface area contributed by atoms with Crippen LogP contribution in [0.2, 0.25) is 0 Å². The lowest BCUT2D eigenvalue weighted by atomic mass is 10.1. The van der Waals surface area contributed by atoms with Crippen molar-refractivity contribution >= 4 is 11.6 Å². The number of ether oxygens (including phenoxy) is 3. The minimum Gasteiger partial charge on any atom is -0.493 e. The third-order valence-corrected chi connectivity index (χ3v) is 4.69. The minimum atomic E-state index is -4.82. The maximum atomic E-state index is 13.8. The molecular weight excluding hydrogens is 441 g/mol. The van der Waals surface area contributed by atoms with Crippen LogP contribution in [0.4, 0.5) is 13.2 Å². The number of carbonyl (C=O) groups excluding carboxylic acids is 1. The number of amides is 1. The van der Waals surface area contributed by atoms with Gasteiger partial charge >= 0.3 is 6.18 Å². The summed E-state index contributed by atoms with van der Waals surface area (Å²) in [5, 5.41) is 7.71. The molecule has 0 unspecified atom stereocenters. The van der Waals surface area contributed by atoms with E-state index >= 15 is 0 Å². The van der Waals surface area contributed by atoms with Crippen molar-refractivity contribution in [2.45, 2.75) is 13.1 Å². The lowest BCUT2D eigenvalue weighted by Gasteiger charge is -2.14. The number of para-hydroxylation sites is 1. The first kappa shape index (κ1) is 23.6. The molecule has 0 spiro atoms. The summed E-state index contributed by atoms with van der Waals surface area (Å²) in [6, 6.07) is 10.9. The van der Waals surface area contributed by atoms with Crippen molar-refractivity contribution in [3.8, 4) is 22.9 Å². The summed E-state index contributed by atoms with van der Waals surface area (Å²) in [7, 11) is 4.34. The summed E-state index contributed by atoms with van der Waals surface area (Å²) in [5.41, 5.74) is 1.27. The number of hydrogen-bond donors (Lipinski definition) is 1. The third kappa shape index (κ3) is 4.92. The molecule has 1 aromatic heterocycles. The molecule has 0 fully saturated rings. The summed E-state index contributed by atoms with van der Waals surface area (Å²) < 4.78 is 57.8. The number of nitrogens with one attached hydrogen (secondary N) is 1. The fourth-order valence-electron chi connectivity index (χ4n) is 3.10. The highest BCUT2D eigenvalue weighted by molar-refractivity contribution is 6.02. The number of nitrogens with zero attached hydrogens (tertiary/aromatic N) is 3. The molecule has 33 heavy (non-hydrogen) atoms. The fraction of sp³-hybridized carbons (Fsp3) is 0.227. The zero-order valence-electron chi connectivity index (χ0n) is 18.2. The second kappa shape index (κ2) is 9.63. The van der Waals surface area contributed by atoms with Crippen molar-refractivity contribution in [2.24, 2.45) is 5.10 Å². The summed E-state index contributed by atoms with van der Waals surface area (Å²) in [6.07, 6.45) is -3.97. The number of carbonyl (C=O) groups is 1. The highest BCUT2D eigenvalue weighted by Crippen LogP contribution is 2.38. The van der Waals surface area contributed by atoms with Crippen molar-refractivity contribution in [2.75, 3.05) is 21.3 Å². The van der Waals surface area contributed by atoms with Crippen LogP contribution in [0.15, 0.2) is 53.8 Å². The SMILES string of the molecule is COc1cc(/C(C)=N\NC(=O)c2cnn(-c3ccccc3)c2C(F)(F)F)cc(OC)c1OC. The van der Waals surface area contributed by atoms with E-state index in [1.807, 2.05) is 0 Å². The average Bonchev–Trinajstić information content (AvgIpc) is 3.28. The van der Waals surface area contributed by atoms with Gasteiger partial charge in [-0.05, 0) is 31.2 Å². The second-order valence-electron chi connectivity index (χ2n) is 6.70. The molecule has 11 heteroatoms. The third-order valence-electron chi connectivity index (χ3n) is 4.69. The van der Waals surface area contributed by atoms with Crippen molar-refractivity contribution in [3.05, 3.63) is 65.5 Å². The Hall–Kier alpha value is -4.02. The van der Waals surface area contributed by atoms with E-state index in [9.17, 15) is 18.0 Å². The van der Waals surface area contributed by atoms with Gasteiger partial charge < -0.3 is 14.2 Å². The zero-order valence-corrected chi connectivity index (χ0v) is 18.2. The first-order valence-corrected chi connectivity index (χ1v) is 9.56. The van der Waals surface area contributed by atoms with Gasteiger partial charge in [-0.15, -0.1) is 0 Å². The predicted molar refractivity (Wildman–Crippen MR) is 114 cm³/mol. The molecule has 8 nitrogen and oxygen atoms in total. The van der Waals surface area contributed by atoms with Crippen LogP contribution in [0.25, 0.3) is 5.69 Å². The Labute approximate surface area is 187 Å². The molecule has 0 aliphatic carbocycles. The summed E-state index contributed by atoms with van der Waals surface area (Å²) in [4.78, 5) is 12.6. The molecular formula is C22H21F3N4O4. The Morgan fingerprint density at radius 1 is 1.03 bits per heavy atom. The number of halogens is 3. The van der Waals surface area contributed by atoms with Gasteiger partial charge in [0.15, 0.2) is 17.2 Å². The molecule has 174 valence electrons. The van der Waals surface area contributed by atoms with Gasteiger partial charge in [0.1, 0.15) is 0 Å². The summed E-state index contributed by atoms with van der Waals surface area (Å²) >= 11 is 0. The molecule has 3 rings (SSSR count). The lowest BCUT2D eigenvalue weighted by Crippen LogP contribution is -2.24. The standard InChI is InChI=1S/C22H21F3N4O4/c1-13(14-10-17(31-2)19(33-4)18(11-14)32-3)27-28-21(30)16-12-26-29(20(16)22(23,24)25)15-8-6-5-7-9-15/h5-12H,1-4H3,(H,28,30)/b27-13-. The van der Waals surface area contributed by atoms with Crippen molar-refractivity contribution < 1.29 is 32.2 Å². The van der Waals surface area contributed by atoms with Crippen LogP contribution in [0, 0.1) is 0 Å². The average molecular weight is 462 g/mol. The minimum absolute atomic E-state index is 0.168. The van der Waals surface area contributed by atoms with Crippen molar-refractivity contribution in [1.29, 1.82) is 0 Å². The lowest BCUT2D eigenvalue weighted by molar-refractivity contribution is -0.143. The Morgan fingerprint density at radius 2 is 1.64 bits per heavy atom. The summed E-state index contributed by atoms with van der Waals surface area (Å²) in [5.74, 6) is 0.0208. The van der Waals surface area contributed by atoms with Gasteiger partial charge in [-0.2, -0.15) is 23.4 Å². The highest BCUT2D eigenvalue weighted by Gasteiger charge is 2.40. The van der Waals surface area contributed by atoms with Gasteiger partial charge in [-0.1, -0.05) is 18.2 Å². The Kier molecular flexibility index (Phi) is 6.90. The first-order valence-electron chi connectivity index (χ1n) is 9.56. The number of aromatic nitrogens is 2. The van der Waals surface area contributed by atoms with E-state index < -0.39 is 23.3 Å². The number of alkyl halides is 3. The molecule has 1 amide bonds. The highest BCUT2D eigenvalue weighted by atomic mass is 19.4. The Bertz CT molecular complexity index is 1150. The molecule has 0 saturated carbocycles. The molecule has 0 bridgehead atoms. The van der Waals surface area contributed by atoms with E-state index in [1.54, 1.807) is 37.3 Å². The maximum Gasteiger partial charge on any atom is 0.434 e. The predicted octanol–water partition coefficient (Wildman–Crippen LogP) is 4.07. The molecule has 0 aliphatic heterocycles. The van der Waals surface area contributed by atoms with Crippen LogP contribution in [0.3, 0.4) is 0 Å². The Morgan fingerprint density at radius 3 is 2.15 bits per heavy atom. The molecule has 3 aromatic rings. The van der Waals surface area contributed by atoms with Crippen LogP contribution < -0.4 is 19.6 Å². The van der Waals surface area contributed by atoms with E-state index in [4.69, 9.17) is 14.2 Å². The van der Waals surface area contributed by atoms with E-state index in [-0.39, 0.29) is 5.69 Å². The maximum absolute atomic E-state index is 13.8. The zero-order chi connectivity index (χ0) is 24.2. The number of rotatable bonds is 7. The van der Waals surface area contributed by atoms with E-state index in [0.717, 1.165) is 6.20 Å². The van der Waals surface area contributed by atoms with Gasteiger partial charge in [0.05, 0.1) is 44.5 Å². The quantitative estimate of drug-likeness (QED) is 0.423.